The molecule has 1 fully saturated rings. The fourth-order valence-electron chi connectivity index (χ4n) is 3.23. The van der Waals surface area contributed by atoms with Crippen LogP contribution in [0.4, 0.5) is 8.78 Å². The highest BCUT2D eigenvalue weighted by atomic mass is 32.2. The number of hydrogen-bond donors (Lipinski definition) is 1. The van der Waals surface area contributed by atoms with E-state index in [-0.39, 0.29) is 23.4 Å². The smallest absolute Gasteiger partial charge is 0.251 e. The van der Waals surface area contributed by atoms with Gasteiger partial charge in [0.2, 0.25) is 10.0 Å². The highest BCUT2D eigenvalue weighted by Gasteiger charge is 2.26. The number of nitrogens with zero attached hydrogens (tertiary/aromatic N) is 1. The van der Waals surface area contributed by atoms with E-state index in [1.807, 2.05) is 0 Å². The molecule has 1 N–H and O–H groups in total. The lowest BCUT2D eigenvalue weighted by Crippen LogP contribution is -2.35. The first-order valence-electron chi connectivity index (χ1n) is 9.20. The zero-order valence-electron chi connectivity index (χ0n) is 15.3. The van der Waals surface area contributed by atoms with Gasteiger partial charge in [-0.2, -0.15) is 4.31 Å². The number of nitrogens with one attached hydrogen (secondary N) is 1. The molecule has 3 rings (SSSR count). The van der Waals surface area contributed by atoms with Gasteiger partial charge in [0.15, 0.2) is 0 Å². The average Bonchev–Trinajstić information content (AvgIpc) is 2.68. The van der Waals surface area contributed by atoms with Crippen LogP contribution in [-0.2, 0) is 16.4 Å². The summed E-state index contributed by atoms with van der Waals surface area (Å²) in [5.41, 5.74) is 0.655. The number of halogens is 2. The van der Waals surface area contributed by atoms with Crippen molar-refractivity contribution < 1.29 is 22.0 Å². The standard InChI is InChI=1S/C20H22F2N2O3S/c21-17-11-15(12-18(22)14-17)7-8-23-20(25)16-5-4-6-19(13-16)28(26,27)24-9-2-1-3-10-24/h4-6,11-14H,1-3,7-10H2,(H,23,25). The number of rotatable bonds is 6. The van der Waals surface area contributed by atoms with Gasteiger partial charge in [0.25, 0.3) is 5.91 Å². The van der Waals surface area contributed by atoms with Gasteiger partial charge < -0.3 is 5.32 Å². The van der Waals surface area contributed by atoms with Crippen LogP contribution in [0.1, 0.15) is 35.2 Å². The third kappa shape index (κ3) is 4.94. The summed E-state index contributed by atoms with van der Waals surface area (Å²) in [5, 5.41) is 2.65. The number of carbonyl (C=O) groups is 1. The summed E-state index contributed by atoms with van der Waals surface area (Å²) in [6.45, 7) is 1.15. The van der Waals surface area contributed by atoms with Crippen LogP contribution in [0.25, 0.3) is 0 Å². The minimum absolute atomic E-state index is 0.0919. The molecule has 5 nitrogen and oxygen atoms in total. The molecule has 0 aliphatic carbocycles. The molecule has 0 bridgehead atoms. The molecule has 1 saturated heterocycles. The van der Waals surface area contributed by atoms with Crippen molar-refractivity contribution in [3.63, 3.8) is 0 Å². The van der Waals surface area contributed by atoms with Gasteiger partial charge in [-0.1, -0.05) is 12.5 Å². The molecule has 28 heavy (non-hydrogen) atoms. The number of hydrogen-bond acceptors (Lipinski definition) is 3. The average molecular weight is 408 g/mol. The third-order valence-electron chi connectivity index (χ3n) is 4.67. The van der Waals surface area contributed by atoms with Gasteiger partial charge in [-0.3, -0.25) is 4.79 Å². The quantitative estimate of drug-likeness (QED) is 0.799. The van der Waals surface area contributed by atoms with Crippen LogP contribution in [0.3, 0.4) is 0 Å². The lowest BCUT2D eigenvalue weighted by atomic mass is 10.1. The second-order valence-electron chi connectivity index (χ2n) is 6.78. The van der Waals surface area contributed by atoms with Crippen LogP contribution in [-0.4, -0.2) is 38.3 Å². The Morgan fingerprint density at radius 3 is 2.36 bits per heavy atom. The lowest BCUT2D eigenvalue weighted by Gasteiger charge is -2.26. The van der Waals surface area contributed by atoms with E-state index in [4.69, 9.17) is 0 Å². The first-order valence-corrected chi connectivity index (χ1v) is 10.6. The van der Waals surface area contributed by atoms with Gasteiger partial charge in [-0.05, 0) is 55.2 Å². The Labute approximate surface area is 163 Å². The first kappa shape index (κ1) is 20.4. The number of piperidine rings is 1. The molecule has 0 saturated carbocycles. The van der Waals surface area contributed by atoms with E-state index in [0.29, 0.717) is 18.7 Å². The second kappa shape index (κ2) is 8.79. The van der Waals surface area contributed by atoms with E-state index in [2.05, 4.69) is 5.32 Å². The minimum atomic E-state index is -3.62. The largest absolute Gasteiger partial charge is 0.352 e. The van der Waals surface area contributed by atoms with Crippen molar-refractivity contribution in [2.24, 2.45) is 0 Å². The maximum absolute atomic E-state index is 13.2. The van der Waals surface area contributed by atoms with Crippen molar-refractivity contribution in [2.75, 3.05) is 19.6 Å². The molecular formula is C20H22F2N2O3S. The zero-order valence-corrected chi connectivity index (χ0v) is 16.1. The van der Waals surface area contributed by atoms with Gasteiger partial charge >= 0.3 is 0 Å². The Hall–Kier alpha value is -2.32. The first-order chi connectivity index (χ1) is 13.4. The van der Waals surface area contributed by atoms with Crippen molar-refractivity contribution in [3.8, 4) is 0 Å². The number of sulfonamides is 1. The third-order valence-corrected chi connectivity index (χ3v) is 6.57. The van der Waals surface area contributed by atoms with Crippen LogP contribution in [0.15, 0.2) is 47.4 Å². The topological polar surface area (TPSA) is 66.5 Å². The van der Waals surface area contributed by atoms with E-state index in [1.165, 1.54) is 40.7 Å². The van der Waals surface area contributed by atoms with Gasteiger partial charge in [0.1, 0.15) is 11.6 Å². The monoisotopic (exact) mass is 408 g/mol. The highest BCUT2D eigenvalue weighted by Crippen LogP contribution is 2.21. The molecule has 1 heterocycles. The molecule has 0 spiro atoms. The molecule has 150 valence electrons. The predicted octanol–water partition coefficient (Wildman–Crippen LogP) is 3.11. The van der Waals surface area contributed by atoms with Crippen LogP contribution < -0.4 is 5.32 Å². The van der Waals surface area contributed by atoms with Crippen molar-refractivity contribution in [1.29, 1.82) is 0 Å². The summed E-state index contributed by atoms with van der Waals surface area (Å²) in [6, 6.07) is 9.12. The molecule has 1 aliphatic rings. The molecule has 0 atom stereocenters. The predicted molar refractivity (Wildman–Crippen MR) is 101 cm³/mol. The van der Waals surface area contributed by atoms with Crippen molar-refractivity contribution in [1.82, 2.24) is 9.62 Å². The van der Waals surface area contributed by atoms with Crippen LogP contribution in [0, 0.1) is 11.6 Å². The molecule has 2 aromatic carbocycles. The zero-order chi connectivity index (χ0) is 20.1. The number of carbonyl (C=O) groups excluding carboxylic acids is 1. The van der Waals surface area contributed by atoms with E-state index < -0.39 is 27.6 Å². The van der Waals surface area contributed by atoms with Crippen molar-refractivity contribution in [3.05, 3.63) is 65.2 Å². The summed E-state index contributed by atoms with van der Waals surface area (Å²) in [6.07, 6.45) is 2.94. The summed E-state index contributed by atoms with van der Waals surface area (Å²) < 4.78 is 53.3. The molecule has 0 unspecified atom stereocenters. The fraction of sp³-hybridized carbons (Fsp3) is 0.350. The Balaban J connectivity index is 1.65. The normalized spacial score (nSPS) is 15.4. The Bertz CT molecular complexity index is 937. The second-order valence-corrected chi connectivity index (χ2v) is 8.71. The van der Waals surface area contributed by atoms with E-state index in [9.17, 15) is 22.0 Å². The number of amides is 1. The molecule has 8 heteroatoms. The van der Waals surface area contributed by atoms with E-state index in [0.717, 1.165) is 25.3 Å². The summed E-state index contributed by atoms with van der Waals surface area (Å²) in [7, 11) is -3.62. The fourth-order valence-corrected chi connectivity index (χ4v) is 4.79. The SMILES string of the molecule is O=C(NCCc1cc(F)cc(F)c1)c1cccc(S(=O)(=O)N2CCCCC2)c1. The summed E-state index contributed by atoms with van der Waals surface area (Å²) >= 11 is 0. The summed E-state index contributed by atoms with van der Waals surface area (Å²) in [5.74, 6) is -1.78. The van der Waals surface area contributed by atoms with Gasteiger partial charge in [0, 0.05) is 31.3 Å². The lowest BCUT2D eigenvalue weighted by molar-refractivity contribution is 0.0954. The molecule has 0 radical (unpaired) electrons. The summed E-state index contributed by atoms with van der Waals surface area (Å²) in [4.78, 5) is 12.4. The Morgan fingerprint density at radius 2 is 1.68 bits per heavy atom. The highest BCUT2D eigenvalue weighted by molar-refractivity contribution is 7.89. The van der Waals surface area contributed by atoms with E-state index >= 15 is 0 Å². The van der Waals surface area contributed by atoms with Gasteiger partial charge in [-0.25, -0.2) is 17.2 Å². The molecule has 1 amide bonds. The molecule has 0 aromatic heterocycles. The minimum Gasteiger partial charge on any atom is -0.352 e. The van der Waals surface area contributed by atoms with Gasteiger partial charge in [-0.15, -0.1) is 0 Å². The van der Waals surface area contributed by atoms with Crippen LogP contribution >= 0.6 is 0 Å². The van der Waals surface area contributed by atoms with Crippen molar-refractivity contribution in [2.45, 2.75) is 30.6 Å². The van der Waals surface area contributed by atoms with Gasteiger partial charge in [0.05, 0.1) is 4.90 Å². The van der Waals surface area contributed by atoms with Crippen LogP contribution in [0.2, 0.25) is 0 Å². The molecule has 2 aromatic rings. The maximum Gasteiger partial charge on any atom is 0.251 e. The molecule has 1 aliphatic heterocycles. The Morgan fingerprint density at radius 1 is 1.00 bits per heavy atom. The maximum atomic E-state index is 13.2. The number of benzene rings is 2. The van der Waals surface area contributed by atoms with Crippen molar-refractivity contribution >= 4 is 15.9 Å². The molecular weight excluding hydrogens is 386 g/mol. The van der Waals surface area contributed by atoms with E-state index in [1.54, 1.807) is 0 Å². The van der Waals surface area contributed by atoms with Crippen LogP contribution in [0.5, 0.6) is 0 Å². The Kier molecular flexibility index (Phi) is 6.41.